The highest BCUT2D eigenvalue weighted by Gasteiger charge is 2.34. The number of fused-ring (bicyclic) bond motifs is 1. The molecule has 0 N–H and O–H groups in total. The first kappa shape index (κ1) is 19.6. The highest BCUT2D eigenvalue weighted by Crippen LogP contribution is 2.38. The molecule has 0 spiro atoms. The maximum absolute atomic E-state index is 14.5. The molecule has 2 aromatic carbocycles. The Balaban J connectivity index is 1.80. The third-order valence-corrected chi connectivity index (χ3v) is 5.06. The molecule has 6 heteroatoms. The Kier molecular flexibility index (Phi) is 5.72. The molecule has 0 saturated carbocycles. The number of unbranched alkanes of at least 4 members (excludes halogenated alkanes) is 1. The van der Waals surface area contributed by atoms with Gasteiger partial charge in [-0.2, -0.15) is 0 Å². The molecule has 0 bridgehead atoms. The fourth-order valence-electron chi connectivity index (χ4n) is 3.69. The fraction of sp³-hybridized carbons (Fsp3) is 0.429. The molecule has 2 aromatic rings. The molecule has 0 fully saturated rings. The number of halogens is 5. The van der Waals surface area contributed by atoms with Crippen molar-refractivity contribution >= 4 is 0 Å². The molecule has 0 aromatic heterocycles. The van der Waals surface area contributed by atoms with E-state index in [1.54, 1.807) is 12.1 Å². The van der Waals surface area contributed by atoms with Crippen molar-refractivity contribution in [1.82, 2.24) is 0 Å². The highest BCUT2D eigenvalue weighted by molar-refractivity contribution is 5.41. The molecule has 1 nitrogen and oxygen atoms in total. The van der Waals surface area contributed by atoms with E-state index in [1.165, 1.54) is 6.07 Å². The smallest absolute Gasteiger partial charge is 0.403 e. The van der Waals surface area contributed by atoms with E-state index in [4.69, 9.17) is 0 Å². The van der Waals surface area contributed by atoms with E-state index in [0.29, 0.717) is 24.0 Å². The van der Waals surface area contributed by atoms with Gasteiger partial charge in [-0.15, -0.1) is 13.2 Å². The number of ether oxygens (including phenoxy) is 1. The van der Waals surface area contributed by atoms with Crippen LogP contribution in [0.5, 0.6) is 5.75 Å². The minimum absolute atomic E-state index is 0.119. The van der Waals surface area contributed by atoms with Gasteiger partial charge in [-0.05, 0) is 72.4 Å². The van der Waals surface area contributed by atoms with Crippen LogP contribution in [0, 0.1) is 11.6 Å². The molecule has 0 amide bonds. The summed E-state index contributed by atoms with van der Waals surface area (Å²) in [4.78, 5) is 0. The molecule has 1 unspecified atom stereocenters. The van der Waals surface area contributed by atoms with E-state index in [2.05, 4.69) is 11.7 Å². The average molecular weight is 384 g/mol. The molecule has 0 aliphatic heterocycles. The van der Waals surface area contributed by atoms with Gasteiger partial charge >= 0.3 is 6.36 Å². The second-order valence-corrected chi connectivity index (χ2v) is 6.96. The van der Waals surface area contributed by atoms with Crippen molar-refractivity contribution in [2.45, 2.75) is 57.7 Å². The first-order valence-corrected chi connectivity index (χ1v) is 9.12. The summed E-state index contributed by atoms with van der Waals surface area (Å²) >= 11 is 0. The summed E-state index contributed by atoms with van der Waals surface area (Å²) in [6.07, 6.45) is -0.957. The van der Waals surface area contributed by atoms with Crippen LogP contribution in [0.15, 0.2) is 30.3 Å². The second-order valence-electron chi connectivity index (χ2n) is 6.96. The molecule has 1 aliphatic carbocycles. The lowest BCUT2D eigenvalue weighted by molar-refractivity contribution is -0.275. The Morgan fingerprint density at radius 1 is 1.11 bits per heavy atom. The summed E-state index contributed by atoms with van der Waals surface area (Å²) in [5.41, 5.74) is 2.37. The SMILES string of the molecule is CCCCc1ccc(C2CCc3c(ccc(OC(F)(F)F)c3F)C2)c(F)c1. The van der Waals surface area contributed by atoms with Crippen molar-refractivity contribution in [2.24, 2.45) is 0 Å². The Hall–Kier alpha value is -2.11. The van der Waals surface area contributed by atoms with E-state index in [9.17, 15) is 22.0 Å². The van der Waals surface area contributed by atoms with Gasteiger partial charge in [0, 0.05) is 0 Å². The largest absolute Gasteiger partial charge is 0.573 e. The van der Waals surface area contributed by atoms with Crippen molar-refractivity contribution in [3.63, 3.8) is 0 Å². The molecule has 0 saturated heterocycles. The molecule has 1 aliphatic rings. The third kappa shape index (κ3) is 4.60. The number of hydrogen-bond acceptors (Lipinski definition) is 1. The zero-order valence-corrected chi connectivity index (χ0v) is 15.0. The molecule has 3 rings (SSSR count). The number of aryl methyl sites for hydroxylation is 1. The van der Waals surface area contributed by atoms with Gasteiger partial charge in [0.1, 0.15) is 5.82 Å². The summed E-state index contributed by atoms with van der Waals surface area (Å²) in [5, 5.41) is 0. The summed E-state index contributed by atoms with van der Waals surface area (Å²) in [5.74, 6) is -2.18. The average Bonchev–Trinajstić information content (AvgIpc) is 2.61. The maximum atomic E-state index is 14.5. The summed E-state index contributed by atoms with van der Waals surface area (Å²) in [6.45, 7) is 2.08. The van der Waals surface area contributed by atoms with Crippen molar-refractivity contribution in [3.05, 3.63) is 64.2 Å². The van der Waals surface area contributed by atoms with Crippen molar-refractivity contribution in [3.8, 4) is 5.75 Å². The van der Waals surface area contributed by atoms with Crippen LogP contribution < -0.4 is 4.74 Å². The van der Waals surface area contributed by atoms with Gasteiger partial charge in [-0.1, -0.05) is 31.5 Å². The lowest BCUT2D eigenvalue weighted by atomic mass is 9.79. The van der Waals surface area contributed by atoms with Gasteiger partial charge in [-0.25, -0.2) is 8.78 Å². The van der Waals surface area contributed by atoms with Gasteiger partial charge in [0.15, 0.2) is 11.6 Å². The predicted molar refractivity (Wildman–Crippen MR) is 92.9 cm³/mol. The lowest BCUT2D eigenvalue weighted by Crippen LogP contribution is -2.20. The Labute approximate surface area is 155 Å². The number of hydrogen-bond donors (Lipinski definition) is 0. The van der Waals surface area contributed by atoms with E-state index in [-0.39, 0.29) is 23.7 Å². The molecule has 0 radical (unpaired) electrons. The van der Waals surface area contributed by atoms with Crippen molar-refractivity contribution in [2.75, 3.05) is 0 Å². The van der Waals surface area contributed by atoms with E-state index >= 15 is 0 Å². The van der Waals surface area contributed by atoms with Gasteiger partial charge in [0.2, 0.25) is 0 Å². The first-order chi connectivity index (χ1) is 12.8. The van der Waals surface area contributed by atoms with Crippen LogP contribution in [0.3, 0.4) is 0 Å². The molecular weight excluding hydrogens is 363 g/mol. The summed E-state index contributed by atoms with van der Waals surface area (Å²) in [7, 11) is 0. The van der Waals surface area contributed by atoms with Crippen molar-refractivity contribution in [1.29, 1.82) is 0 Å². The molecule has 1 atom stereocenters. The monoisotopic (exact) mass is 384 g/mol. The minimum atomic E-state index is -4.94. The van der Waals surface area contributed by atoms with Gasteiger partial charge in [-0.3, -0.25) is 0 Å². The summed E-state index contributed by atoms with van der Waals surface area (Å²) in [6, 6.07) is 7.70. The number of benzene rings is 2. The maximum Gasteiger partial charge on any atom is 0.573 e. The summed E-state index contributed by atoms with van der Waals surface area (Å²) < 4.78 is 69.7. The number of alkyl halides is 3. The van der Waals surface area contributed by atoms with Crippen LogP contribution in [-0.4, -0.2) is 6.36 Å². The topological polar surface area (TPSA) is 9.23 Å². The Bertz CT molecular complexity index is 813. The number of rotatable bonds is 5. The predicted octanol–water partition coefficient (Wildman–Crippen LogP) is 6.48. The Morgan fingerprint density at radius 2 is 1.89 bits per heavy atom. The van der Waals surface area contributed by atoms with Crippen LogP contribution >= 0.6 is 0 Å². The van der Waals surface area contributed by atoms with Gasteiger partial charge in [0.25, 0.3) is 0 Å². The van der Waals surface area contributed by atoms with Crippen LogP contribution in [0.2, 0.25) is 0 Å². The van der Waals surface area contributed by atoms with Crippen LogP contribution in [0.1, 0.15) is 54.4 Å². The van der Waals surface area contributed by atoms with Gasteiger partial charge in [0.05, 0.1) is 0 Å². The molecule has 27 heavy (non-hydrogen) atoms. The van der Waals surface area contributed by atoms with Crippen LogP contribution in [0.4, 0.5) is 22.0 Å². The third-order valence-electron chi connectivity index (χ3n) is 5.06. The van der Waals surface area contributed by atoms with E-state index in [1.807, 2.05) is 6.07 Å². The second kappa shape index (κ2) is 7.87. The zero-order chi connectivity index (χ0) is 19.6. The Morgan fingerprint density at radius 3 is 2.56 bits per heavy atom. The first-order valence-electron chi connectivity index (χ1n) is 9.12. The van der Waals surface area contributed by atoms with Gasteiger partial charge < -0.3 is 4.74 Å². The van der Waals surface area contributed by atoms with E-state index in [0.717, 1.165) is 30.9 Å². The molecular formula is C21H21F5O. The van der Waals surface area contributed by atoms with Crippen LogP contribution in [0.25, 0.3) is 0 Å². The van der Waals surface area contributed by atoms with Crippen LogP contribution in [-0.2, 0) is 19.3 Å². The quantitative estimate of drug-likeness (QED) is 0.536. The highest BCUT2D eigenvalue weighted by atomic mass is 19.4. The normalized spacial score (nSPS) is 16.9. The lowest BCUT2D eigenvalue weighted by Gasteiger charge is -2.26. The van der Waals surface area contributed by atoms with E-state index < -0.39 is 17.9 Å². The molecule has 146 valence electrons. The van der Waals surface area contributed by atoms with Crippen molar-refractivity contribution < 1.29 is 26.7 Å². The molecule has 0 heterocycles. The zero-order valence-electron chi connectivity index (χ0n) is 15.0. The standard InChI is InChI=1S/C21H21F5O/c1-2-3-4-13-5-8-16(18(22)11-13)14-6-9-17-15(12-14)7-10-19(20(17)23)27-21(24,25)26/h5,7-8,10-11,14H,2-4,6,9,12H2,1H3. The fourth-order valence-corrected chi connectivity index (χ4v) is 3.69. The minimum Gasteiger partial charge on any atom is -0.403 e.